The Morgan fingerprint density at radius 1 is 1.19 bits per heavy atom. The van der Waals surface area contributed by atoms with E-state index in [1.807, 2.05) is 13.8 Å². The molecule has 1 aromatic heterocycles. The molecule has 2 rings (SSSR count). The first-order valence-corrected chi connectivity index (χ1v) is 10.1. The molecule has 2 aromatic rings. The molecule has 2 N–H and O–H groups in total. The highest BCUT2D eigenvalue weighted by Crippen LogP contribution is 2.20. The zero-order chi connectivity index (χ0) is 19.3. The summed E-state index contributed by atoms with van der Waals surface area (Å²) in [4.78, 5) is 0. The fraction of sp³-hybridized carbons (Fsp3) is 0.471. The SMILES string of the molecule is CCS(=O)(=O)NCCCNCc1c(C)nn(-c2ccc(F)cc2F)c1C. The number of hydrogen-bond donors (Lipinski definition) is 2. The molecule has 26 heavy (non-hydrogen) atoms. The van der Waals surface area contributed by atoms with Gasteiger partial charge in [-0.2, -0.15) is 5.10 Å². The molecular formula is C17H24F2N4O2S. The van der Waals surface area contributed by atoms with Gasteiger partial charge < -0.3 is 5.32 Å². The number of nitrogens with one attached hydrogen (secondary N) is 2. The highest BCUT2D eigenvalue weighted by atomic mass is 32.2. The zero-order valence-electron chi connectivity index (χ0n) is 15.1. The summed E-state index contributed by atoms with van der Waals surface area (Å²) in [6, 6.07) is 3.40. The van der Waals surface area contributed by atoms with E-state index in [9.17, 15) is 17.2 Å². The summed E-state index contributed by atoms with van der Waals surface area (Å²) >= 11 is 0. The van der Waals surface area contributed by atoms with Gasteiger partial charge in [0.15, 0.2) is 5.82 Å². The van der Waals surface area contributed by atoms with Crippen molar-refractivity contribution in [1.82, 2.24) is 19.8 Å². The van der Waals surface area contributed by atoms with Crippen LogP contribution in [0.3, 0.4) is 0 Å². The molecule has 0 spiro atoms. The first-order chi connectivity index (χ1) is 12.2. The van der Waals surface area contributed by atoms with Crippen LogP contribution in [0.5, 0.6) is 0 Å². The lowest BCUT2D eigenvalue weighted by atomic mass is 10.2. The third-order valence-electron chi connectivity index (χ3n) is 4.11. The molecule has 0 atom stereocenters. The number of aryl methyl sites for hydroxylation is 1. The summed E-state index contributed by atoms with van der Waals surface area (Å²) in [6.07, 6.45) is 0.651. The van der Waals surface area contributed by atoms with E-state index in [4.69, 9.17) is 0 Å². The monoisotopic (exact) mass is 386 g/mol. The van der Waals surface area contributed by atoms with Gasteiger partial charge in [-0.05, 0) is 45.9 Å². The number of sulfonamides is 1. The summed E-state index contributed by atoms with van der Waals surface area (Å²) in [5, 5.41) is 7.59. The lowest BCUT2D eigenvalue weighted by Crippen LogP contribution is -2.28. The first-order valence-electron chi connectivity index (χ1n) is 8.43. The van der Waals surface area contributed by atoms with Gasteiger partial charge in [-0.25, -0.2) is 26.6 Å². The van der Waals surface area contributed by atoms with Crippen molar-refractivity contribution >= 4 is 10.0 Å². The van der Waals surface area contributed by atoms with Crippen LogP contribution in [0.2, 0.25) is 0 Å². The Morgan fingerprint density at radius 2 is 1.92 bits per heavy atom. The second kappa shape index (κ2) is 8.70. The maximum absolute atomic E-state index is 14.0. The summed E-state index contributed by atoms with van der Waals surface area (Å²) in [5.41, 5.74) is 2.66. The molecule has 6 nitrogen and oxygen atoms in total. The zero-order valence-corrected chi connectivity index (χ0v) is 16.0. The quantitative estimate of drug-likeness (QED) is 0.648. The van der Waals surface area contributed by atoms with Crippen LogP contribution in [-0.2, 0) is 16.6 Å². The standard InChI is InChI=1S/C17H24F2N4O2S/c1-4-26(24,25)21-9-5-8-20-11-15-12(2)22-23(13(15)3)17-7-6-14(18)10-16(17)19/h6-7,10,20-21H,4-5,8-9,11H2,1-3H3. The molecule has 1 heterocycles. The lowest BCUT2D eigenvalue weighted by molar-refractivity contribution is 0.571. The molecule has 0 radical (unpaired) electrons. The van der Waals surface area contributed by atoms with Gasteiger partial charge in [0.2, 0.25) is 10.0 Å². The summed E-state index contributed by atoms with van der Waals surface area (Å²) in [6.45, 7) is 6.78. The minimum absolute atomic E-state index is 0.0674. The average Bonchev–Trinajstić information content (AvgIpc) is 2.85. The van der Waals surface area contributed by atoms with Crippen molar-refractivity contribution in [3.05, 3.63) is 46.8 Å². The largest absolute Gasteiger partial charge is 0.312 e. The Labute approximate surface area is 152 Å². The van der Waals surface area contributed by atoms with Crippen molar-refractivity contribution in [3.8, 4) is 5.69 Å². The summed E-state index contributed by atoms with van der Waals surface area (Å²) in [5.74, 6) is -1.23. The van der Waals surface area contributed by atoms with E-state index in [0.717, 1.165) is 23.0 Å². The molecule has 0 fully saturated rings. The number of benzene rings is 1. The topological polar surface area (TPSA) is 76.0 Å². The summed E-state index contributed by atoms with van der Waals surface area (Å²) in [7, 11) is -3.16. The molecule has 1 aromatic carbocycles. The van der Waals surface area contributed by atoms with Crippen LogP contribution in [0.15, 0.2) is 18.2 Å². The molecule has 0 amide bonds. The van der Waals surface area contributed by atoms with Crippen molar-refractivity contribution in [3.63, 3.8) is 0 Å². The molecule has 144 valence electrons. The van der Waals surface area contributed by atoms with E-state index in [1.54, 1.807) is 6.92 Å². The predicted molar refractivity (Wildman–Crippen MR) is 96.7 cm³/mol. The number of aromatic nitrogens is 2. The van der Waals surface area contributed by atoms with Gasteiger partial charge in [0.1, 0.15) is 11.5 Å². The Bertz CT molecular complexity index is 866. The molecule has 0 aliphatic rings. The van der Waals surface area contributed by atoms with E-state index in [0.29, 0.717) is 26.1 Å². The van der Waals surface area contributed by atoms with Crippen LogP contribution in [-0.4, -0.2) is 37.0 Å². The minimum Gasteiger partial charge on any atom is -0.312 e. The van der Waals surface area contributed by atoms with E-state index < -0.39 is 21.7 Å². The number of halogens is 2. The second-order valence-corrected chi connectivity index (χ2v) is 8.08. The van der Waals surface area contributed by atoms with Gasteiger partial charge in [-0.15, -0.1) is 0 Å². The van der Waals surface area contributed by atoms with Crippen LogP contribution in [0.4, 0.5) is 8.78 Å². The summed E-state index contributed by atoms with van der Waals surface area (Å²) < 4.78 is 53.7. The van der Waals surface area contributed by atoms with E-state index in [2.05, 4.69) is 15.1 Å². The third kappa shape index (κ3) is 5.09. The molecule has 0 aliphatic heterocycles. The van der Waals surface area contributed by atoms with Crippen LogP contribution in [0, 0.1) is 25.5 Å². The molecule has 0 unspecified atom stereocenters. The highest BCUT2D eigenvalue weighted by molar-refractivity contribution is 7.89. The third-order valence-corrected chi connectivity index (χ3v) is 5.52. The van der Waals surface area contributed by atoms with E-state index in [-0.39, 0.29) is 11.4 Å². The van der Waals surface area contributed by atoms with Crippen LogP contribution < -0.4 is 10.0 Å². The lowest BCUT2D eigenvalue weighted by Gasteiger charge is -2.08. The van der Waals surface area contributed by atoms with Gasteiger partial charge in [0, 0.05) is 30.4 Å². The predicted octanol–water partition coefficient (Wildman–Crippen LogP) is 2.19. The fourth-order valence-corrected chi connectivity index (χ4v) is 3.23. The second-order valence-electron chi connectivity index (χ2n) is 5.99. The maximum atomic E-state index is 14.0. The van der Waals surface area contributed by atoms with E-state index in [1.165, 1.54) is 16.8 Å². The fourth-order valence-electron chi connectivity index (χ4n) is 2.57. The Morgan fingerprint density at radius 3 is 2.58 bits per heavy atom. The first kappa shape index (κ1) is 20.5. The van der Waals surface area contributed by atoms with Crippen molar-refractivity contribution in [1.29, 1.82) is 0 Å². The molecule has 0 saturated carbocycles. The number of rotatable bonds is 9. The van der Waals surface area contributed by atoms with Crippen molar-refractivity contribution in [2.75, 3.05) is 18.8 Å². The number of nitrogens with zero attached hydrogens (tertiary/aromatic N) is 2. The highest BCUT2D eigenvalue weighted by Gasteiger charge is 2.15. The van der Waals surface area contributed by atoms with Crippen molar-refractivity contribution in [2.45, 2.75) is 33.7 Å². The molecule has 0 aliphatic carbocycles. The normalized spacial score (nSPS) is 11.9. The smallest absolute Gasteiger partial charge is 0.211 e. The molecule has 9 heteroatoms. The van der Waals surface area contributed by atoms with Gasteiger partial charge in [0.25, 0.3) is 0 Å². The van der Waals surface area contributed by atoms with Crippen LogP contribution in [0.1, 0.15) is 30.3 Å². The van der Waals surface area contributed by atoms with Gasteiger partial charge >= 0.3 is 0 Å². The maximum Gasteiger partial charge on any atom is 0.211 e. The van der Waals surface area contributed by atoms with Gasteiger partial charge in [-0.1, -0.05) is 0 Å². The van der Waals surface area contributed by atoms with Crippen LogP contribution in [0.25, 0.3) is 5.69 Å². The molecule has 0 saturated heterocycles. The van der Waals surface area contributed by atoms with Crippen molar-refractivity contribution in [2.24, 2.45) is 0 Å². The van der Waals surface area contributed by atoms with Gasteiger partial charge in [-0.3, -0.25) is 0 Å². The molecule has 0 bridgehead atoms. The molecular weight excluding hydrogens is 362 g/mol. The Balaban J connectivity index is 1.96. The van der Waals surface area contributed by atoms with Crippen molar-refractivity contribution < 1.29 is 17.2 Å². The van der Waals surface area contributed by atoms with Crippen LogP contribution >= 0.6 is 0 Å². The Kier molecular flexibility index (Phi) is 6.85. The average molecular weight is 386 g/mol. The van der Waals surface area contributed by atoms with Gasteiger partial charge in [0.05, 0.1) is 11.4 Å². The van der Waals surface area contributed by atoms with E-state index >= 15 is 0 Å². The minimum atomic E-state index is -3.16. The number of hydrogen-bond acceptors (Lipinski definition) is 4. The Hall–Kier alpha value is -1.84.